The summed E-state index contributed by atoms with van der Waals surface area (Å²) < 4.78 is 11.2. The number of ether oxygens (including phenoxy) is 2. The van der Waals surface area contributed by atoms with E-state index in [1.54, 1.807) is 6.20 Å². The fourth-order valence-corrected chi connectivity index (χ4v) is 3.29. The Labute approximate surface area is 165 Å². The zero-order valence-corrected chi connectivity index (χ0v) is 17.1. The molecule has 0 aliphatic carbocycles. The molecule has 1 unspecified atom stereocenters. The minimum Gasteiger partial charge on any atom is -0.444 e. The molecular formula is C18H27Cl2N3O3. The molecule has 0 bridgehead atoms. The van der Waals surface area contributed by atoms with Crippen molar-refractivity contribution in [3.63, 3.8) is 0 Å². The second kappa shape index (κ2) is 9.72. The summed E-state index contributed by atoms with van der Waals surface area (Å²) in [7, 11) is 0. The second-order valence-corrected chi connectivity index (χ2v) is 8.17. The van der Waals surface area contributed by atoms with Gasteiger partial charge in [-0.1, -0.05) is 11.6 Å². The Kier molecular flexibility index (Phi) is 7.92. The highest BCUT2D eigenvalue weighted by atomic mass is 35.5. The van der Waals surface area contributed by atoms with Gasteiger partial charge in [0, 0.05) is 31.0 Å². The van der Waals surface area contributed by atoms with Crippen molar-refractivity contribution in [3.8, 4) is 0 Å². The van der Waals surface area contributed by atoms with Crippen LogP contribution in [0.3, 0.4) is 0 Å². The summed E-state index contributed by atoms with van der Waals surface area (Å²) in [6.45, 7) is 7.36. The van der Waals surface area contributed by atoms with E-state index in [0.717, 1.165) is 38.6 Å². The highest BCUT2D eigenvalue weighted by Crippen LogP contribution is 2.23. The van der Waals surface area contributed by atoms with E-state index in [2.05, 4.69) is 9.97 Å². The predicted octanol–water partition coefficient (Wildman–Crippen LogP) is 4.87. The fourth-order valence-electron chi connectivity index (χ4n) is 2.93. The van der Waals surface area contributed by atoms with E-state index in [0.29, 0.717) is 23.9 Å². The van der Waals surface area contributed by atoms with Gasteiger partial charge >= 0.3 is 6.09 Å². The molecule has 6 nitrogen and oxygen atoms in total. The molecule has 2 rings (SSSR count). The number of nitrogens with zero attached hydrogens (tertiary/aromatic N) is 3. The number of likely N-dealkylation sites (tertiary alicyclic amines) is 1. The van der Waals surface area contributed by atoms with E-state index in [9.17, 15) is 4.79 Å². The highest BCUT2D eigenvalue weighted by Gasteiger charge is 2.29. The lowest BCUT2D eigenvalue weighted by molar-refractivity contribution is 0.00726. The summed E-state index contributed by atoms with van der Waals surface area (Å²) in [5, 5.41) is 0.437. The minimum absolute atomic E-state index is 0.123. The van der Waals surface area contributed by atoms with E-state index in [-0.39, 0.29) is 17.4 Å². The molecule has 0 radical (unpaired) electrons. The maximum Gasteiger partial charge on any atom is 0.410 e. The van der Waals surface area contributed by atoms with Gasteiger partial charge in [0.1, 0.15) is 10.8 Å². The monoisotopic (exact) mass is 403 g/mol. The molecule has 1 saturated heterocycles. The molecule has 0 N–H and O–H groups in total. The van der Waals surface area contributed by atoms with E-state index in [1.165, 1.54) is 0 Å². The van der Waals surface area contributed by atoms with Gasteiger partial charge in [0.15, 0.2) is 0 Å². The van der Waals surface area contributed by atoms with Crippen molar-refractivity contribution in [1.29, 1.82) is 0 Å². The molecule has 0 saturated carbocycles. The summed E-state index contributed by atoms with van der Waals surface area (Å²) in [4.78, 5) is 22.1. The first-order valence-electron chi connectivity index (χ1n) is 9.00. The first-order chi connectivity index (χ1) is 12.3. The number of hydrogen-bond acceptors (Lipinski definition) is 5. The van der Waals surface area contributed by atoms with Crippen LogP contribution in [0.5, 0.6) is 0 Å². The standard InChI is InChI=1S/C18H27Cl2N3O3/c1-18(2,3)26-17(24)23-9-5-4-7-14(23)8-6-10-25-12-13-11-21-16(20)22-15(13)19/h11,14H,4-10,12H2,1-3H3. The molecular weight excluding hydrogens is 377 g/mol. The molecule has 1 fully saturated rings. The van der Waals surface area contributed by atoms with Gasteiger partial charge in [-0.2, -0.15) is 0 Å². The van der Waals surface area contributed by atoms with Crippen LogP contribution in [0, 0.1) is 0 Å². The van der Waals surface area contributed by atoms with Crippen molar-refractivity contribution in [2.45, 2.75) is 71.1 Å². The molecule has 2 heterocycles. The maximum absolute atomic E-state index is 12.4. The fraction of sp³-hybridized carbons (Fsp3) is 0.722. The molecule has 1 atom stereocenters. The van der Waals surface area contributed by atoms with E-state index < -0.39 is 5.60 Å². The molecule has 146 valence electrons. The smallest absolute Gasteiger partial charge is 0.410 e. The molecule has 1 aliphatic rings. The van der Waals surface area contributed by atoms with Crippen LogP contribution in [0.4, 0.5) is 4.79 Å². The lowest BCUT2D eigenvalue weighted by Gasteiger charge is -2.36. The lowest BCUT2D eigenvalue weighted by atomic mass is 9.98. The van der Waals surface area contributed by atoms with Gasteiger partial charge in [-0.25, -0.2) is 14.8 Å². The Bertz CT molecular complexity index is 608. The summed E-state index contributed by atoms with van der Waals surface area (Å²) in [6, 6.07) is 0.213. The van der Waals surface area contributed by atoms with Crippen molar-refractivity contribution in [2.75, 3.05) is 13.2 Å². The van der Waals surface area contributed by atoms with Crippen LogP contribution in [-0.2, 0) is 16.1 Å². The van der Waals surface area contributed by atoms with Crippen molar-refractivity contribution in [2.24, 2.45) is 0 Å². The van der Waals surface area contributed by atoms with Crippen molar-refractivity contribution >= 4 is 29.3 Å². The van der Waals surface area contributed by atoms with Crippen LogP contribution in [0.15, 0.2) is 6.20 Å². The Morgan fingerprint density at radius 3 is 2.81 bits per heavy atom. The van der Waals surface area contributed by atoms with Crippen molar-refractivity contribution < 1.29 is 14.3 Å². The summed E-state index contributed by atoms with van der Waals surface area (Å²) in [6.07, 6.45) is 6.29. The van der Waals surface area contributed by atoms with Gasteiger partial charge in [0.05, 0.1) is 6.61 Å². The van der Waals surface area contributed by atoms with E-state index in [4.69, 9.17) is 32.7 Å². The van der Waals surface area contributed by atoms with Gasteiger partial charge in [-0.15, -0.1) is 0 Å². The number of carbonyl (C=O) groups excluding carboxylic acids is 1. The van der Waals surface area contributed by atoms with Crippen LogP contribution in [0.2, 0.25) is 10.4 Å². The third-order valence-corrected chi connectivity index (χ3v) is 4.63. The number of amides is 1. The van der Waals surface area contributed by atoms with Gasteiger partial charge in [0.2, 0.25) is 5.28 Å². The summed E-state index contributed by atoms with van der Waals surface area (Å²) in [5.41, 5.74) is 0.242. The molecule has 0 aromatic carbocycles. The normalized spacial score (nSPS) is 18.0. The zero-order chi connectivity index (χ0) is 19.2. The van der Waals surface area contributed by atoms with Crippen LogP contribution in [0.1, 0.15) is 58.4 Å². The summed E-state index contributed by atoms with van der Waals surface area (Å²) in [5.74, 6) is 0. The first-order valence-corrected chi connectivity index (χ1v) is 9.76. The number of hydrogen-bond donors (Lipinski definition) is 0. The number of halogens is 2. The Hall–Kier alpha value is -1.11. The van der Waals surface area contributed by atoms with Crippen LogP contribution >= 0.6 is 23.2 Å². The maximum atomic E-state index is 12.4. The van der Waals surface area contributed by atoms with E-state index >= 15 is 0 Å². The van der Waals surface area contributed by atoms with Crippen molar-refractivity contribution in [1.82, 2.24) is 14.9 Å². The molecule has 1 amide bonds. The lowest BCUT2D eigenvalue weighted by Crippen LogP contribution is -2.46. The number of aromatic nitrogens is 2. The van der Waals surface area contributed by atoms with Crippen LogP contribution in [-0.4, -0.2) is 45.8 Å². The predicted molar refractivity (Wildman–Crippen MR) is 102 cm³/mol. The molecule has 0 spiro atoms. The van der Waals surface area contributed by atoms with Crippen LogP contribution < -0.4 is 0 Å². The number of rotatable bonds is 6. The van der Waals surface area contributed by atoms with Gasteiger partial charge < -0.3 is 14.4 Å². The molecule has 1 aromatic rings. The molecule has 1 aromatic heterocycles. The topological polar surface area (TPSA) is 64.5 Å². The quantitative estimate of drug-likeness (QED) is 0.385. The van der Waals surface area contributed by atoms with Gasteiger partial charge in [-0.3, -0.25) is 0 Å². The number of carbonyl (C=O) groups is 1. The average Bonchev–Trinajstić information content (AvgIpc) is 2.55. The van der Waals surface area contributed by atoms with Crippen LogP contribution in [0.25, 0.3) is 0 Å². The second-order valence-electron chi connectivity index (χ2n) is 7.47. The third kappa shape index (κ3) is 6.89. The Morgan fingerprint density at radius 2 is 2.12 bits per heavy atom. The highest BCUT2D eigenvalue weighted by molar-refractivity contribution is 6.32. The third-order valence-electron chi connectivity index (χ3n) is 4.12. The molecule has 26 heavy (non-hydrogen) atoms. The van der Waals surface area contributed by atoms with Gasteiger partial charge in [-0.05, 0) is 64.5 Å². The van der Waals surface area contributed by atoms with E-state index in [1.807, 2.05) is 25.7 Å². The Morgan fingerprint density at radius 1 is 1.35 bits per heavy atom. The SMILES string of the molecule is CC(C)(C)OC(=O)N1CCCCC1CCCOCc1cnc(Cl)nc1Cl. The Balaban J connectivity index is 1.75. The van der Waals surface area contributed by atoms with Gasteiger partial charge in [0.25, 0.3) is 0 Å². The zero-order valence-electron chi connectivity index (χ0n) is 15.6. The van der Waals surface area contributed by atoms with Crippen molar-refractivity contribution in [3.05, 3.63) is 22.2 Å². The first kappa shape index (κ1) is 21.2. The number of piperidine rings is 1. The minimum atomic E-state index is -0.470. The average molecular weight is 404 g/mol. The largest absolute Gasteiger partial charge is 0.444 e. The molecule has 1 aliphatic heterocycles. The molecule has 8 heteroatoms. The summed E-state index contributed by atoms with van der Waals surface area (Å²) >= 11 is 11.7.